The van der Waals surface area contributed by atoms with Gasteiger partial charge >= 0.3 is 0 Å². The van der Waals surface area contributed by atoms with Crippen LogP contribution in [0.4, 0.5) is 0 Å². The maximum Gasteiger partial charge on any atom is 0.119 e. The van der Waals surface area contributed by atoms with Crippen LogP contribution in [0.1, 0.15) is 12.5 Å². The molecule has 0 saturated carbocycles. The van der Waals surface area contributed by atoms with E-state index in [1.165, 1.54) is 5.56 Å². The maximum atomic E-state index is 5.65. The number of halogens is 1. The van der Waals surface area contributed by atoms with Crippen LogP contribution in [0.3, 0.4) is 0 Å². The number of aryl methyl sites for hydroxylation is 1. The summed E-state index contributed by atoms with van der Waals surface area (Å²) >= 11 is 3.31. The van der Waals surface area contributed by atoms with Gasteiger partial charge in [-0.3, -0.25) is 0 Å². The zero-order valence-electron chi connectivity index (χ0n) is 9.79. The van der Waals surface area contributed by atoms with Gasteiger partial charge in [0.25, 0.3) is 0 Å². The number of benzene rings is 1. The van der Waals surface area contributed by atoms with Crippen molar-refractivity contribution in [1.29, 1.82) is 0 Å². The topological polar surface area (TPSA) is 21.3 Å². The molecule has 0 aliphatic heterocycles. The summed E-state index contributed by atoms with van der Waals surface area (Å²) in [4.78, 5) is 0. The molecule has 0 bridgehead atoms. The van der Waals surface area contributed by atoms with E-state index in [9.17, 15) is 0 Å². The average molecular weight is 284 g/mol. The number of ether oxygens (including phenoxy) is 1. The van der Waals surface area contributed by atoms with Crippen LogP contribution in [-0.4, -0.2) is 19.2 Å². The molecule has 0 spiro atoms. The minimum atomic E-state index is 0.301. The molecule has 0 heterocycles. The molecular formula is C13H18BrNO. The third-order valence-electron chi connectivity index (χ3n) is 2.16. The smallest absolute Gasteiger partial charge is 0.119 e. The van der Waals surface area contributed by atoms with E-state index in [2.05, 4.69) is 41.7 Å². The monoisotopic (exact) mass is 283 g/mol. The Hall–Kier alpha value is -0.800. The minimum absolute atomic E-state index is 0.301. The quantitative estimate of drug-likeness (QED) is 0.865. The molecule has 0 saturated heterocycles. The van der Waals surface area contributed by atoms with Crippen LogP contribution in [0.5, 0.6) is 5.75 Å². The van der Waals surface area contributed by atoms with Crippen molar-refractivity contribution in [1.82, 2.24) is 5.32 Å². The van der Waals surface area contributed by atoms with Crippen LogP contribution in [0.2, 0.25) is 0 Å². The highest BCUT2D eigenvalue weighted by Crippen LogP contribution is 2.11. The van der Waals surface area contributed by atoms with E-state index < -0.39 is 0 Å². The summed E-state index contributed by atoms with van der Waals surface area (Å²) in [5.41, 5.74) is 1.24. The lowest BCUT2D eigenvalue weighted by Gasteiger charge is -2.14. The molecule has 1 rings (SSSR count). The fraction of sp³-hybridized carbons (Fsp3) is 0.385. The first-order valence-corrected chi connectivity index (χ1v) is 6.13. The molecule has 2 nitrogen and oxygen atoms in total. The zero-order valence-corrected chi connectivity index (χ0v) is 11.4. The summed E-state index contributed by atoms with van der Waals surface area (Å²) in [6.07, 6.45) is 0. The Morgan fingerprint density at radius 2 is 2.06 bits per heavy atom. The molecule has 0 amide bonds. The first-order chi connectivity index (χ1) is 7.58. The lowest BCUT2D eigenvalue weighted by molar-refractivity contribution is 0.276. The summed E-state index contributed by atoms with van der Waals surface area (Å²) in [5, 5.41) is 3.29. The van der Waals surface area contributed by atoms with Crippen LogP contribution in [0.25, 0.3) is 0 Å². The highest BCUT2D eigenvalue weighted by molar-refractivity contribution is 9.11. The van der Waals surface area contributed by atoms with Crippen molar-refractivity contribution in [2.75, 3.05) is 13.2 Å². The lowest BCUT2D eigenvalue weighted by Crippen LogP contribution is -2.32. The average Bonchev–Trinajstić information content (AvgIpc) is 2.25. The van der Waals surface area contributed by atoms with E-state index in [1.807, 2.05) is 24.3 Å². The zero-order chi connectivity index (χ0) is 12.0. The Morgan fingerprint density at radius 1 is 1.44 bits per heavy atom. The standard InChI is InChI=1S/C13H18BrNO/c1-10-4-6-13(7-5-10)16-9-12(3)15-8-11(2)14/h4-7,12,15H,2,8-9H2,1,3H3. The van der Waals surface area contributed by atoms with E-state index in [4.69, 9.17) is 4.74 Å². The van der Waals surface area contributed by atoms with E-state index in [0.29, 0.717) is 12.6 Å². The number of hydrogen-bond donors (Lipinski definition) is 1. The van der Waals surface area contributed by atoms with Gasteiger partial charge in [0.15, 0.2) is 0 Å². The molecule has 1 aromatic rings. The van der Waals surface area contributed by atoms with Crippen molar-refractivity contribution in [2.24, 2.45) is 0 Å². The Morgan fingerprint density at radius 3 is 2.62 bits per heavy atom. The van der Waals surface area contributed by atoms with E-state index in [1.54, 1.807) is 0 Å². The molecule has 1 unspecified atom stereocenters. The summed E-state index contributed by atoms with van der Waals surface area (Å²) in [5.74, 6) is 0.914. The molecule has 0 aromatic heterocycles. The first kappa shape index (κ1) is 13.3. The number of rotatable bonds is 6. The van der Waals surface area contributed by atoms with Crippen LogP contribution in [0, 0.1) is 6.92 Å². The molecule has 1 atom stereocenters. The van der Waals surface area contributed by atoms with Crippen molar-refractivity contribution in [3.63, 3.8) is 0 Å². The fourth-order valence-corrected chi connectivity index (χ4v) is 1.36. The predicted molar refractivity (Wildman–Crippen MR) is 72.2 cm³/mol. The number of hydrogen-bond acceptors (Lipinski definition) is 2. The number of nitrogens with one attached hydrogen (secondary N) is 1. The molecule has 1 N–H and O–H groups in total. The van der Waals surface area contributed by atoms with Gasteiger partial charge in [-0.25, -0.2) is 0 Å². The van der Waals surface area contributed by atoms with Gasteiger partial charge in [-0.1, -0.05) is 40.2 Å². The van der Waals surface area contributed by atoms with E-state index in [0.717, 1.165) is 16.8 Å². The highest BCUT2D eigenvalue weighted by atomic mass is 79.9. The molecule has 16 heavy (non-hydrogen) atoms. The van der Waals surface area contributed by atoms with Crippen LogP contribution in [0.15, 0.2) is 35.3 Å². The first-order valence-electron chi connectivity index (χ1n) is 5.34. The summed E-state index contributed by atoms with van der Waals surface area (Å²) in [6.45, 7) is 9.34. The van der Waals surface area contributed by atoms with Gasteiger partial charge in [0.1, 0.15) is 12.4 Å². The molecule has 3 heteroatoms. The SMILES string of the molecule is C=C(Br)CNC(C)COc1ccc(C)cc1. The normalized spacial score (nSPS) is 12.2. The highest BCUT2D eigenvalue weighted by Gasteiger charge is 2.02. The van der Waals surface area contributed by atoms with Crippen molar-refractivity contribution < 1.29 is 4.74 Å². The Balaban J connectivity index is 2.28. The van der Waals surface area contributed by atoms with Crippen molar-refractivity contribution >= 4 is 15.9 Å². The maximum absolute atomic E-state index is 5.65. The summed E-state index contributed by atoms with van der Waals surface area (Å²) in [7, 11) is 0. The van der Waals surface area contributed by atoms with Gasteiger partial charge in [0.05, 0.1) is 0 Å². The van der Waals surface area contributed by atoms with Crippen LogP contribution < -0.4 is 10.1 Å². The van der Waals surface area contributed by atoms with Crippen molar-refractivity contribution in [3.8, 4) is 5.75 Å². The van der Waals surface area contributed by atoms with Gasteiger partial charge in [-0.2, -0.15) is 0 Å². The van der Waals surface area contributed by atoms with Gasteiger partial charge in [0, 0.05) is 17.1 Å². The summed E-state index contributed by atoms with van der Waals surface area (Å²) < 4.78 is 6.60. The minimum Gasteiger partial charge on any atom is -0.492 e. The molecule has 1 aromatic carbocycles. The van der Waals surface area contributed by atoms with Gasteiger partial charge in [-0.15, -0.1) is 0 Å². The fourth-order valence-electron chi connectivity index (χ4n) is 1.20. The second-order valence-electron chi connectivity index (χ2n) is 3.92. The molecular weight excluding hydrogens is 266 g/mol. The molecule has 0 radical (unpaired) electrons. The predicted octanol–water partition coefficient (Wildman–Crippen LogP) is 3.26. The molecule has 88 valence electrons. The van der Waals surface area contributed by atoms with Gasteiger partial charge in [0.2, 0.25) is 0 Å². The van der Waals surface area contributed by atoms with Crippen LogP contribution >= 0.6 is 15.9 Å². The Bertz CT molecular complexity index is 334. The molecule has 0 fully saturated rings. The summed E-state index contributed by atoms with van der Waals surface area (Å²) in [6, 6.07) is 8.38. The second-order valence-corrected chi connectivity index (χ2v) is 5.04. The lowest BCUT2D eigenvalue weighted by atomic mass is 10.2. The van der Waals surface area contributed by atoms with Gasteiger partial charge < -0.3 is 10.1 Å². The Kier molecular flexibility index (Phi) is 5.56. The second kappa shape index (κ2) is 6.71. The Labute approximate surface area is 106 Å². The third-order valence-corrected chi connectivity index (χ3v) is 2.44. The van der Waals surface area contributed by atoms with E-state index >= 15 is 0 Å². The van der Waals surface area contributed by atoms with E-state index in [-0.39, 0.29) is 0 Å². The van der Waals surface area contributed by atoms with Crippen LogP contribution in [-0.2, 0) is 0 Å². The third kappa shape index (κ3) is 5.33. The van der Waals surface area contributed by atoms with Crippen molar-refractivity contribution in [2.45, 2.75) is 19.9 Å². The van der Waals surface area contributed by atoms with Crippen molar-refractivity contribution in [3.05, 3.63) is 40.9 Å². The van der Waals surface area contributed by atoms with Gasteiger partial charge in [-0.05, 0) is 26.0 Å². The molecule has 0 aliphatic rings. The largest absolute Gasteiger partial charge is 0.492 e. The molecule has 0 aliphatic carbocycles.